The minimum absolute atomic E-state index is 0.136. The Labute approximate surface area is 438 Å². The number of esters is 1. The number of hydrogen-bond acceptors (Lipinski definition) is 17. The van der Waals surface area contributed by atoms with E-state index in [9.17, 15) is 39.9 Å². The fraction of sp³-hybridized carbons (Fsp3) is 0.764. The SMILES string of the molecule is CC[C@H]1OC(=O)[C@H](C)[C@@H](O[C@H]2C[C@@](C)(OC)[C@@H](OCCOC=C(C)c3ccc4c(c3)c(=O)c(C(=O)O)cn4CC)[C@H](C)O2)[C@H](C)[C@@H](O[C@@H]2O[C@H](C)C[C@H](N(C)C)[C@H]2O)[C@](C)(O)C[C@@H](C)CN(C)[C@H](C)[C@@H](O)[C@]1(C)O. The fourth-order valence-corrected chi connectivity index (χ4v) is 11.6. The Hall–Kier alpha value is -3.57. The van der Waals surface area contributed by atoms with Crippen molar-refractivity contribution >= 4 is 28.4 Å². The van der Waals surface area contributed by atoms with Crippen molar-refractivity contribution < 1.29 is 73.0 Å². The van der Waals surface area contributed by atoms with Crippen molar-refractivity contribution in [3.8, 4) is 0 Å². The molecular weight excluding hydrogens is 959 g/mol. The van der Waals surface area contributed by atoms with Crippen molar-refractivity contribution in [1.82, 2.24) is 14.4 Å². The molecule has 18 atom stereocenters. The zero-order chi connectivity index (χ0) is 55.4. The molecule has 1 aromatic carbocycles. The molecule has 3 aliphatic heterocycles. The number of pyridine rings is 1. The molecule has 2 aromatic rings. The maximum atomic E-state index is 14.6. The lowest BCUT2D eigenvalue weighted by Gasteiger charge is -2.49. The number of aryl methyl sites for hydroxylation is 1. The largest absolute Gasteiger partial charge is 0.498 e. The van der Waals surface area contributed by atoms with E-state index in [2.05, 4.69) is 0 Å². The average molecular weight is 1050 g/mol. The van der Waals surface area contributed by atoms with E-state index < -0.39 is 107 Å². The van der Waals surface area contributed by atoms with Crippen LogP contribution in [-0.4, -0.2) is 190 Å². The third kappa shape index (κ3) is 13.7. The van der Waals surface area contributed by atoms with Crippen molar-refractivity contribution in [2.75, 3.05) is 48.0 Å². The molecule has 3 saturated heterocycles. The van der Waals surface area contributed by atoms with Crippen molar-refractivity contribution in [2.45, 2.75) is 206 Å². The van der Waals surface area contributed by atoms with Gasteiger partial charge in [-0.15, -0.1) is 0 Å². The van der Waals surface area contributed by atoms with Crippen molar-refractivity contribution in [3.63, 3.8) is 0 Å². The van der Waals surface area contributed by atoms with Gasteiger partial charge in [0.05, 0.1) is 59.9 Å². The van der Waals surface area contributed by atoms with Crippen molar-refractivity contribution in [2.24, 2.45) is 17.8 Å². The highest BCUT2D eigenvalue weighted by Crippen LogP contribution is 2.41. The van der Waals surface area contributed by atoms with Gasteiger partial charge in [-0.25, -0.2) is 4.79 Å². The molecule has 3 fully saturated rings. The number of ether oxygens (including phenoxy) is 8. The second-order valence-corrected chi connectivity index (χ2v) is 22.4. The number of hydrogen-bond donors (Lipinski definition) is 5. The van der Waals surface area contributed by atoms with Gasteiger partial charge < -0.3 is 77.8 Å². The number of carboxylic acid groups (broad SMARTS) is 1. The van der Waals surface area contributed by atoms with Crippen LogP contribution in [0.4, 0.5) is 0 Å². The molecule has 74 heavy (non-hydrogen) atoms. The maximum absolute atomic E-state index is 14.6. The molecule has 0 unspecified atom stereocenters. The summed E-state index contributed by atoms with van der Waals surface area (Å²) in [5.74, 6) is -4.05. The standard InChI is InChI=1S/C55H89N3O16/c1-17-42-55(12,66)47(61)35(8)57(15)27-30(3)25-53(10,65)48(74-52-45(60)41(56(13)14)23-32(5)70-52)33(6)46(34(7)51(64)72-42)73-43-26-54(11,67-16)49(36(9)71-43)69-22-21-68-29-31(4)37-19-20-40-38(24-37)44(59)39(50(62)63)28-58(40)18-2/h19-20,24,28-30,32-36,41-43,45-49,52,60-61,65-66H,17-18,21-23,25-27H2,1-16H3,(H,62,63)/t30-,32-,33+,34-,35-,36+,41+,42-,43+,45-,46+,47-,48-,49+,52+,53-,54-,55-/m1/s1. The normalized spacial score (nSPS) is 38.6. The molecule has 3 aliphatic rings. The van der Waals surface area contributed by atoms with Crippen LogP contribution in [0.2, 0.25) is 0 Å². The van der Waals surface area contributed by atoms with E-state index in [1.165, 1.54) is 13.1 Å². The molecule has 0 amide bonds. The fourth-order valence-electron chi connectivity index (χ4n) is 11.6. The highest BCUT2D eigenvalue weighted by Gasteiger charge is 2.53. The molecule has 0 bridgehead atoms. The molecule has 0 radical (unpaired) electrons. The van der Waals surface area contributed by atoms with Gasteiger partial charge in [0.15, 0.2) is 12.6 Å². The molecule has 5 rings (SSSR count). The Morgan fingerprint density at radius 1 is 0.959 bits per heavy atom. The van der Waals surface area contributed by atoms with Gasteiger partial charge in [-0.2, -0.15) is 0 Å². The maximum Gasteiger partial charge on any atom is 0.341 e. The van der Waals surface area contributed by atoms with Crippen LogP contribution < -0.4 is 5.43 Å². The van der Waals surface area contributed by atoms with Crippen LogP contribution in [-0.2, 0) is 49.2 Å². The number of carbonyl (C=O) groups is 2. The predicted molar refractivity (Wildman–Crippen MR) is 278 cm³/mol. The highest BCUT2D eigenvalue weighted by atomic mass is 16.7. The number of likely N-dealkylation sites (N-methyl/N-ethyl adjacent to an activating group) is 2. The Morgan fingerprint density at radius 3 is 2.24 bits per heavy atom. The van der Waals surface area contributed by atoms with Gasteiger partial charge in [0, 0.05) is 56.2 Å². The van der Waals surface area contributed by atoms with E-state index in [4.69, 9.17) is 37.9 Å². The smallest absolute Gasteiger partial charge is 0.341 e. The third-order valence-electron chi connectivity index (χ3n) is 16.0. The monoisotopic (exact) mass is 1050 g/mol. The van der Waals surface area contributed by atoms with Gasteiger partial charge >= 0.3 is 11.9 Å². The molecule has 0 spiro atoms. The molecule has 19 nitrogen and oxygen atoms in total. The summed E-state index contributed by atoms with van der Waals surface area (Å²) >= 11 is 0. The summed E-state index contributed by atoms with van der Waals surface area (Å²) in [5.41, 5.74) is -3.28. The number of methoxy groups -OCH3 is 1. The third-order valence-corrected chi connectivity index (χ3v) is 16.0. The summed E-state index contributed by atoms with van der Waals surface area (Å²) in [4.78, 5) is 43.4. The van der Waals surface area contributed by atoms with Crippen LogP contribution in [0.1, 0.15) is 125 Å². The van der Waals surface area contributed by atoms with Gasteiger partial charge in [0.2, 0.25) is 5.43 Å². The highest BCUT2D eigenvalue weighted by molar-refractivity contribution is 5.93. The number of nitrogens with zero attached hydrogens (tertiary/aromatic N) is 3. The van der Waals surface area contributed by atoms with E-state index >= 15 is 0 Å². The number of aliphatic hydroxyl groups is 4. The summed E-state index contributed by atoms with van der Waals surface area (Å²) in [6, 6.07) is 4.43. The number of benzene rings is 1. The summed E-state index contributed by atoms with van der Waals surface area (Å²) in [6.45, 7) is 22.7. The molecule has 1 aromatic heterocycles. The number of aliphatic hydroxyl groups excluding tert-OH is 2. The van der Waals surface area contributed by atoms with Crippen molar-refractivity contribution in [1.29, 1.82) is 0 Å². The Bertz CT molecular complexity index is 2290. The van der Waals surface area contributed by atoms with Gasteiger partial charge in [-0.3, -0.25) is 9.59 Å². The average Bonchev–Trinajstić information content (AvgIpc) is 3.33. The number of fused-ring (bicyclic) bond motifs is 1. The van der Waals surface area contributed by atoms with Crippen LogP contribution in [0.3, 0.4) is 0 Å². The molecule has 0 saturated carbocycles. The van der Waals surface area contributed by atoms with Crippen LogP contribution >= 0.6 is 0 Å². The predicted octanol–water partition coefficient (Wildman–Crippen LogP) is 5.04. The minimum Gasteiger partial charge on any atom is -0.498 e. The molecule has 420 valence electrons. The minimum atomic E-state index is -1.85. The number of cyclic esters (lactones) is 1. The zero-order valence-corrected chi connectivity index (χ0v) is 46.8. The van der Waals surface area contributed by atoms with E-state index in [1.807, 2.05) is 85.5 Å². The van der Waals surface area contributed by atoms with E-state index in [0.717, 1.165) is 0 Å². The summed E-state index contributed by atoms with van der Waals surface area (Å²) in [7, 11) is 7.17. The van der Waals surface area contributed by atoms with Crippen LogP contribution in [0.5, 0.6) is 0 Å². The number of carbonyl (C=O) groups excluding carboxylic acids is 1. The van der Waals surface area contributed by atoms with Crippen LogP contribution in [0, 0.1) is 17.8 Å². The Balaban J connectivity index is 1.41. The van der Waals surface area contributed by atoms with Gasteiger partial charge in [-0.05, 0) is 132 Å². The first-order valence-corrected chi connectivity index (χ1v) is 26.4. The zero-order valence-electron chi connectivity index (χ0n) is 46.8. The first-order valence-electron chi connectivity index (χ1n) is 26.4. The molecule has 4 heterocycles. The second kappa shape index (κ2) is 25.3. The molecule has 0 aliphatic carbocycles. The summed E-state index contributed by atoms with van der Waals surface area (Å²) < 4.78 is 53.1. The number of aromatic carboxylic acids is 1. The lowest BCUT2D eigenvalue weighted by atomic mass is 9.77. The molecule has 5 N–H and O–H groups in total. The second-order valence-electron chi connectivity index (χ2n) is 22.4. The molecule has 19 heteroatoms. The van der Waals surface area contributed by atoms with E-state index in [0.29, 0.717) is 41.5 Å². The number of rotatable bonds is 15. The van der Waals surface area contributed by atoms with Crippen molar-refractivity contribution in [3.05, 3.63) is 52.0 Å². The summed E-state index contributed by atoms with van der Waals surface area (Å²) in [5, 5.41) is 58.1. The van der Waals surface area contributed by atoms with Gasteiger partial charge in [0.25, 0.3) is 0 Å². The first-order chi connectivity index (χ1) is 34.5. The number of aromatic nitrogens is 1. The van der Waals surface area contributed by atoms with Gasteiger partial charge in [-0.1, -0.05) is 26.8 Å². The quantitative estimate of drug-likeness (QED) is 0.0893. The Kier molecular flexibility index (Phi) is 20.9. The lowest BCUT2D eigenvalue weighted by molar-refractivity contribution is -0.321. The van der Waals surface area contributed by atoms with Crippen LogP contribution in [0.25, 0.3) is 16.5 Å². The van der Waals surface area contributed by atoms with Crippen LogP contribution in [0.15, 0.2) is 35.5 Å². The first kappa shape index (κ1) is 61.3. The topological polar surface area (TPSA) is 238 Å². The lowest BCUT2D eigenvalue weighted by Crippen LogP contribution is -2.61. The molecular formula is C55H89N3O16. The van der Waals surface area contributed by atoms with E-state index in [1.54, 1.807) is 57.8 Å². The van der Waals surface area contributed by atoms with E-state index in [-0.39, 0.29) is 56.1 Å². The summed E-state index contributed by atoms with van der Waals surface area (Å²) in [6.07, 6.45) is -5.36. The Morgan fingerprint density at radius 2 is 1.64 bits per heavy atom. The number of allylic oxidation sites excluding steroid dienone is 1. The number of carboxylic acids is 1. The van der Waals surface area contributed by atoms with Gasteiger partial charge in [0.1, 0.15) is 42.2 Å².